The Bertz CT molecular complexity index is 709. The van der Waals surface area contributed by atoms with Gasteiger partial charge in [0.05, 0.1) is 17.1 Å². The van der Waals surface area contributed by atoms with E-state index in [1.54, 1.807) is 0 Å². The van der Waals surface area contributed by atoms with E-state index in [9.17, 15) is 26.4 Å². The number of pyridine rings is 1. The number of carbonyl (C=O) groups is 1. The maximum absolute atomic E-state index is 12.1. The van der Waals surface area contributed by atoms with Crippen molar-refractivity contribution in [3.8, 4) is 5.88 Å². The summed E-state index contributed by atoms with van der Waals surface area (Å²) in [4.78, 5) is 15.5. The Hall–Kier alpha value is -1.55. The van der Waals surface area contributed by atoms with Gasteiger partial charge in [-0.05, 0) is 12.5 Å². The van der Waals surface area contributed by atoms with Crippen molar-refractivity contribution in [2.24, 2.45) is 0 Å². The molecule has 1 fully saturated rings. The van der Waals surface area contributed by atoms with Crippen LogP contribution in [-0.2, 0) is 9.84 Å². The molecule has 1 aromatic rings. The van der Waals surface area contributed by atoms with Gasteiger partial charge in [-0.25, -0.2) is 13.4 Å². The van der Waals surface area contributed by atoms with Crippen LogP contribution in [0.4, 0.5) is 13.2 Å². The number of amides is 1. The molecule has 1 saturated heterocycles. The van der Waals surface area contributed by atoms with E-state index in [1.165, 1.54) is 0 Å². The fraction of sp³-hybridized carbons (Fsp3) is 0.500. The lowest BCUT2D eigenvalue weighted by Gasteiger charge is -2.12. The summed E-state index contributed by atoms with van der Waals surface area (Å²) in [6.45, 7) is -1.55. The number of hydrogen-bond acceptors (Lipinski definition) is 5. The standard InChI is InChI=1S/C12H12ClF3N2O4S/c13-9-3-7(4-17-11(9)22-6-12(14,15)16)10(19)18-8-1-2-23(20,21)5-8/h3-4,8H,1-2,5-6H2,(H,18,19). The maximum Gasteiger partial charge on any atom is 0.422 e. The molecule has 0 radical (unpaired) electrons. The summed E-state index contributed by atoms with van der Waals surface area (Å²) in [6.07, 6.45) is -3.21. The minimum absolute atomic E-state index is 0.00116. The average Bonchev–Trinajstić information content (AvgIpc) is 2.75. The molecule has 1 unspecified atom stereocenters. The van der Waals surface area contributed by atoms with E-state index < -0.39 is 40.4 Å². The maximum atomic E-state index is 12.1. The zero-order valence-corrected chi connectivity index (χ0v) is 13.1. The molecule has 0 aromatic carbocycles. The molecule has 2 heterocycles. The number of ether oxygens (including phenoxy) is 1. The van der Waals surface area contributed by atoms with E-state index in [0.717, 1.165) is 12.3 Å². The molecule has 1 amide bonds. The van der Waals surface area contributed by atoms with Crippen molar-refractivity contribution in [3.63, 3.8) is 0 Å². The van der Waals surface area contributed by atoms with Gasteiger partial charge in [0.25, 0.3) is 5.91 Å². The Morgan fingerprint density at radius 3 is 2.70 bits per heavy atom. The van der Waals surface area contributed by atoms with Crippen LogP contribution in [0.2, 0.25) is 5.02 Å². The summed E-state index contributed by atoms with van der Waals surface area (Å²) in [5.74, 6) is -1.19. The first-order valence-electron chi connectivity index (χ1n) is 6.42. The minimum Gasteiger partial charge on any atom is -0.467 e. The number of hydrogen-bond donors (Lipinski definition) is 1. The third-order valence-corrected chi connectivity index (χ3v) is 5.05. The van der Waals surface area contributed by atoms with E-state index in [-0.39, 0.29) is 22.1 Å². The lowest BCUT2D eigenvalue weighted by molar-refractivity contribution is -0.154. The number of halogens is 4. The van der Waals surface area contributed by atoms with Crippen LogP contribution in [0, 0.1) is 0 Å². The van der Waals surface area contributed by atoms with Gasteiger partial charge in [-0.2, -0.15) is 13.2 Å². The highest BCUT2D eigenvalue weighted by Crippen LogP contribution is 2.25. The molecule has 128 valence electrons. The highest BCUT2D eigenvalue weighted by atomic mass is 35.5. The zero-order valence-electron chi connectivity index (χ0n) is 11.6. The molecule has 0 bridgehead atoms. The summed E-state index contributed by atoms with van der Waals surface area (Å²) < 4.78 is 63.2. The fourth-order valence-electron chi connectivity index (χ4n) is 1.98. The summed E-state index contributed by atoms with van der Waals surface area (Å²) in [5, 5.41) is 2.27. The summed E-state index contributed by atoms with van der Waals surface area (Å²) in [6, 6.07) is 0.603. The quantitative estimate of drug-likeness (QED) is 0.867. The Morgan fingerprint density at radius 1 is 1.48 bits per heavy atom. The van der Waals surface area contributed by atoms with Crippen molar-refractivity contribution in [2.45, 2.75) is 18.6 Å². The number of aromatic nitrogens is 1. The van der Waals surface area contributed by atoms with Crippen LogP contribution in [0.5, 0.6) is 5.88 Å². The van der Waals surface area contributed by atoms with Crippen molar-refractivity contribution in [1.82, 2.24) is 10.3 Å². The van der Waals surface area contributed by atoms with Crippen LogP contribution >= 0.6 is 11.6 Å². The summed E-state index contributed by atoms with van der Waals surface area (Å²) >= 11 is 5.73. The molecular formula is C12H12ClF3N2O4S. The molecule has 0 aliphatic carbocycles. The van der Waals surface area contributed by atoms with E-state index in [4.69, 9.17) is 11.6 Å². The number of alkyl halides is 3. The molecule has 2 rings (SSSR count). The van der Waals surface area contributed by atoms with Gasteiger partial charge in [-0.15, -0.1) is 0 Å². The number of nitrogens with zero attached hydrogens (tertiary/aromatic N) is 1. The predicted octanol–water partition coefficient (Wildman–Crippen LogP) is 1.59. The Kier molecular flexibility index (Phi) is 5.04. The second-order valence-electron chi connectivity index (χ2n) is 4.99. The highest BCUT2D eigenvalue weighted by molar-refractivity contribution is 7.91. The van der Waals surface area contributed by atoms with Crippen LogP contribution in [0.25, 0.3) is 0 Å². The fourth-order valence-corrected chi connectivity index (χ4v) is 3.88. The van der Waals surface area contributed by atoms with Gasteiger partial charge in [-0.1, -0.05) is 11.6 Å². The average molecular weight is 373 g/mol. The summed E-state index contributed by atoms with van der Waals surface area (Å²) in [7, 11) is -3.14. The summed E-state index contributed by atoms with van der Waals surface area (Å²) in [5.41, 5.74) is -0.00124. The van der Waals surface area contributed by atoms with Crippen molar-refractivity contribution in [1.29, 1.82) is 0 Å². The smallest absolute Gasteiger partial charge is 0.422 e. The SMILES string of the molecule is O=C(NC1CCS(=O)(=O)C1)c1cnc(OCC(F)(F)F)c(Cl)c1. The highest BCUT2D eigenvalue weighted by Gasteiger charge is 2.30. The minimum atomic E-state index is -4.53. The van der Waals surface area contributed by atoms with Crippen molar-refractivity contribution < 1.29 is 31.1 Å². The second-order valence-corrected chi connectivity index (χ2v) is 7.62. The molecule has 23 heavy (non-hydrogen) atoms. The first kappa shape index (κ1) is 17.8. The number of nitrogens with one attached hydrogen (secondary N) is 1. The lowest BCUT2D eigenvalue weighted by Crippen LogP contribution is -2.35. The van der Waals surface area contributed by atoms with Crippen molar-refractivity contribution in [3.05, 3.63) is 22.8 Å². The first-order chi connectivity index (χ1) is 10.6. The third-order valence-electron chi connectivity index (χ3n) is 3.01. The van der Waals surface area contributed by atoms with E-state index in [2.05, 4.69) is 15.0 Å². The molecule has 1 atom stereocenters. The van der Waals surface area contributed by atoms with Crippen molar-refractivity contribution in [2.75, 3.05) is 18.1 Å². The van der Waals surface area contributed by atoms with Crippen LogP contribution in [0.15, 0.2) is 12.3 Å². The van der Waals surface area contributed by atoms with Gasteiger partial charge in [0, 0.05) is 12.2 Å². The van der Waals surface area contributed by atoms with E-state index in [0.29, 0.717) is 6.42 Å². The molecule has 1 aliphatic rings. The lowest BCUT2D eigenvalue weighted by atomic mass is 10.2. The van der Waals surface area contributed by atoms with Crippen LogP contribution in [-0.4, -0.2) is 49.6 Å². The van der Waals surface area contributed by atoms with Crippen molar-refractivity contribution >= 4 is 27.3 Å². The van der Waals surface area contributed by atoms with E-state index in [1.807, 2.05) is 0 Å². The van der Waals surface area contributed by atoms with E-state index >= 15 is 0 Å². The first-order valence-corrected chi connectivity index (χ1v) is 8.62. The van der Waals surface area contributed by atoms with Crippen LogP contribution < -0.4 is 10.1 Å². The Labute approximate surface area is 134 Å². The number of carbonyl (C=O) groups excluding carboxylic acids is 1. The van der Waals surface area contributed by atoms with Gasteiger partial charge in [-0.3, -0.25) is 4.79 Å². The van der Waals surface area contributed by atoms with Gasteiger partial charge in [0.15, 0.2) is 16.4 Å². The van der Waals surface area contributed by atoms with Gasteiger partial charge < -0.3 is 10.1 Å². The molecule has 11 heteroatoms. The van der Waals surface area contributed by atoms with Crippen LogP contribution in [0.3, 0.4) is 0 Å². The van der Waals surface area contributed by atoms with Gasteiger partial charge >= 0.3 is 6.18 Å². The molecule has 0 saturated carbocycles. The zero-order chi connectivity index (χ0) is 17.3. The second kappa shape index (κ2) is 6.52. The predicted molar refractivity (Wildman–Crippen MR) is 75.3 cm³/mol. The van der Waals surface area contributed by atoms with Gasteiger partial charge in [0.1, 0.15) is 5.02 Å². The third kappa shape index (κ3) is 5.24. The molecular weight excluding hydrogens is 361 g/mol. The Morgan fingerprint density at radius 2 is 2.17 bits per heavy atom. The number of rotatable bonds is 4. The monoisotopic (exact) mass is 372 g/mol. The molecule has 1 N–H and O–H groups in total. The normalized spacial score (nSPS) is 20.3. The van der Waals surface area contributed by atoms with Gasteiger partial charge in [0.2, 0.25) is 5.88 Å². The Balaban J connectivity index is 2.00. The largest absolute Gasteiger partial charge is 0.467 e. The molecule has 6 nitrogen and oxygen atoms in total. The molecule has 1 aliphatic heterocycles. The topological polar surface area (TPSA) is 85.4 Å². The number of sulfone groups is 1. The van der Waals surface area contributed by atoms with Crippen LogP contribution in [0.1, 0.15) is 16.8 Å². The molecule has 0 spiro atoms. The molecule has 1 aromatic heterocycles.